The molecule has 0 spiro atoms. The second-order valence-corrected chi connectivity index (χ2v) is 3.04. The zero-order valence-corrected chi connectivity index (χ0v) is 7.34. The van der Waals surface area contributed by atoms with Crippen LogP contribution in [0, 0.1) is 0 Å². The molecule has 1 fully saturated rings. The Hall–Kier alpha value is -0.820. The number of aliphatic hydroxyl groups excluding tert-OH is 1. The second-order valence-electron chi connectivity index (χ2n) is 3.04. The molecule has 0 bridgehead atoms. The first-order chi connectivity index (χ1) is 6.46. The Morgan fingerprint density at radius 3 is 2.71 bits per heavy atom. The molecule has 1 atom stereocenters. The molecule has 0 aromatic carbocycles. The molecule has 0 aromatic heterocycles. The summed E-state index contributed by atoms with van der Waals surface area (Å²) in [5, 5.41) is 11.6. The molecule has 1 heterocycles. The Balaban J connectivity index is 2.69. The lowest BCUT2D eigenvalue weighted by atomic mass is 10.2. The maximum atomic E-state index is 12.1. The highest BCUT2D eigenvalue weighted by Gasteiger charge is 2.44. The summed E-state index contributed by atoms with van der Waals surface area (Å²) in [6.07, 6.45) is -4.86. The SMILES string of the molecule is O=C(N1CCNC[C@@H]1CO)C(F)(F)F. The van der Waals surface area contributed by atoms with Crippen LogP contribution in [0.5, 0.6) is 0 Å². The number of amides is 1. The van der Waals surface area contributed by atoms with Gasteiger partial charge in [0.1, 0.15) is 0 Å². The van der Waals surface area contributed by atoms with Gasteiger partial charge in [0.05, 0.1) is 12.6 Å². The van der Waals surface area contributed by atoms with E-state index < -0.39 is 24.7 Å². The van der Waals surface area contributed by atoms with Crippen molar-refractivity contribution in [2.24, 2.45) is 0 Å². The van der Waals surface area contributed by atoms with E-state index in [1.54, 1.807) is 0 Å². The maximum Gasteiger partial charge on any atom is 0.471 e. The van der Waals surface area contributed by atoms with Crippen LogP contribution in [0.4, 0.5) is 13.2 Å². The normalized spacial score (nSPS) is 23.7. The predicted octanol–water partition coefficient (Wildman–Crippen LogP) is -0.659. The van der Waals surface area contributed by atoms with Gasteiger partial charge < -0.3 is 15.3 Å². The first-order valence-electron chi connectivity index (χ1n) is 4.16. The standard InChI is InChI=1S/C7H11F3N2O2/c8-7(9,10)6(14)12-2-1-11-3-5(12)4-13/h5,11,13H,1-4H2/t5-/m1/s1. The summed E-state index contributed by atoms with van der Waals surface area (Å²) in [5.74, 6) is -1.88. The molecule has 0 aliphatic carbocycles. The van der Waals surface area contributed by atoms with E-state index in [9.17, 15) is 18.0 Å². The van der Waals surface area contributed by atoms with Crippen LogP contribution in [-0.4, -0.2) is 54.4 Å². The lowest BCUT2D eigenvalue weighted by molar-refractivity contribution is -0.189. The summed E-state index contributed by atoms with van der Waals surface area (Å²) in [7, 11) is 0. The van der Waals surface area contributed by atoms with Gasteiger partial charge in [-0.1, -0.05) is 0 Å². The van der Waals surface area contributed by atoms with Gasteiger partial charge in [-0.25, -0.2) is 0 Å². The van der Waals surface area contributed by atoms with Gasteiger partial charge in [-0.05, 0) is 0 Å². The van der Waals surface area contributed by atoms with Crippen LogP contribution in [0.3, 0.4) is 0 Å². The van der Waals surface area contributed by atoms with E-state index in [4.69, 9.17) is 5.11 Å². The van der Waals surface area contributed by atoms with Crippen molar-refractivity contribution >= 4 is 5.91 Å². The van der Waals surface area contributed by atoms with Crippen LogP contribution in [-0.2, 0) is 4.79 Å². The second kappa shape index (κ2) is 4.14. The van der Waals surface area contributed by atoms with Crippen molar-refractivity contribution in [1.29, 1.82) is 0 Å². The van der Waals surface area contributed by atoms with Crippen molar-refractivity contribution in [1.82, 2.24) is 10.2 Å². The van der Waals surface area contributed by atoms with Crippen LogP contribution >= 0.6 is 0 Å². The first kappa shape index (κ1) is 11.3. The van der Waals surface area contributed by atoms with Crippen molar-refractivity contribution in [3.05, 3.63) is 0 Å². The zero-order chi connectivity index (χ0) is 10.8. The molecule has 1 aliphatic rings. The highest BCUT2D eigenvalue weighted by atomic mass is 19.4. The molecular weight excluding hydrogens is 201 g/mol. The van der Waals surface area contributed by atoms with E-state index >= 15 is 0 Å². The van der Waals surface area contributed by atoms with Crippen molar-refractivity contribution in [2.45, 2.75) is 12.2 Å². The lowest BCUT2D eigenvalue weighted by Crippen LogP contribution is -2.58. The highest BCUT2D eigenvalue weighted by molar-refractivity contribution is 5.82. The molecule has 82 valence electrons. The van der Waals surface area contributed by atoms with Crippen molar-refractivity contribution < 1.29 is 23.1 Å². The minimum atomic E-state index is -4.86. The Morgan fingerprint density at radius 1 is 1.57 bits per heavy atom. The lowest BCUT2D eigenvalue weighted by Gasteiger charge is -2.35. The summed E-state index contributed by atoms with van der Waals surface area (Å²) < 4.78 is 36.2. The first-order valence-corrected chi connectivity index (χ1v) is 4.16. The molecule has 1 amide bonds. The molecule has 0 saturated carbocycles. The summed E-state index contributed by atoms with van der Waals surface area (Å²) in [6.45, 7) is 0.0228. The molecule has 1 aliphatic heterocycles. The topological polar surface area (TPSA) is 52.6 Å². The number of halogens is 3. The molecule has 0 radical (unpaired) electrons. The quantitative estimate of drug-likeness (QED) is 0.606. The molecule has 0 unspecified atom stereocenters. The van der Waals surface area contributed by atoms with Gasteiger partial charge in [0.15, 0.2) is 0 Å². The third-order valence-electron chi connectivity index (χ3n) is 2.06. The fourth-order valence-corrected chi connectivity index (χ4v) is 1.35. The van der Waals surface area contributed by atoms with Gasteiger partial charge in [-0.15, -0.1) is 0 Å². The van der Waals surface area contributed by atoms with Crippen molar-refractivity contribution in [3.63, 3.8) is 0 Å². The van der Waals surface area contributed by atoms with Gasteiger partial charge >= 0.3 is 12.1 Å². The number of hydrogen-bond acceptors (Lipinski definition) is 3. The summed E-state index contributed by atoms with van der Waals surface area (Å²) in [4.78, 5) is 11.5. The van der Waals surface area contributed by atoms with E-state index in [1.165, 1.54) is 0 Å². The number of nitrogens with one attached hydrogen (secondary N) is 1. The molecule has 2 N–H and O–H groups in total. The van der Waals surface area contributed by atoms with Crippen LogP contribution in [0.2, 0.25) is 0 Å². The largest absolute Gasteiger partial charge is 0.471 e. The van der Waals surface area contributed by atoms with Gasteiger partial charge in [-0.2, -0.15) is 13.2 Å². The third-order valence-corrected chi connectivity index (χ3v) is 2.06. The number of aliphatic hydroxyl groups is 1. The third kappa shape index (κ3) is 2.36. The van der Waals surface area contributed by atoms with Crippen molar-refractivity contribution in [3.8, 4) is 0 Å². The average Bonchev–Trinajstić information content (AvgIpc) is 2.15. The number of nitrogens with zero attached hydrogens (tertiary/aromatic N) is 1. The number of carbonyl (C=O) groups excluding carboxylic acids is 1. The molecular formula is C7H11F3N2O2. The van der Waals surface area contributed by atoms with E-state index in [0.29, 0.717) is 11.4 Å². The number of hydrogen-bond donors (Lipinski definition) is 2. The van der Waals surface area contributed by atoms with E-state index in [0.717, 1.165) is 0 Å². The molecule has 7 heteroatoms. The highest BCUT2D eigenvalue weighted by Crippen LogP contribution is 2.20. The molecule has 4 nitrogen and oxygen atoms in total. The van der Waals surface area contributed by atoms with E-state index in [-0.39, 0.29) is 13.1 Å². The number of carbonyl (C=O) groups is 1. The zero-order valence-electron chi connectivity index (χ0n) is 7.34. The van der Waals surface area contributed by atoms with Crippen LogP contribution in [0.15, 0.2) is 0 Å². The number of alkyl halides is 3. The fraction of sp³-hybridized carbons (Fsp3) is 0.857. The maximum absolute atomic E-state index is 12.1. The van der Waals surface area contributed by atoms with Crippen LogP contribution in [0.1, 0.15) is 0 Å². The minimum absolute atomic E-state index is 0.0242. The summed E-state index contributed by atoms with van der Waals surface area (Å²) in [5.41, 5.74) is 0. The summed E-state index contributed by atoms with van der Waals surface area (Å²) in [6, 6.07) is -0.780. The number of rotatable bonds is 1. The fourth-order valence-electron chi connectivity index (χ4n) is 1.35. The number of piperazine rings is 1. The monoisotopic (exact) mass is 212 g/mol. The molecule has 1 rings (SSSR count). The van der Waals surface area contributed by atoms with Gasteiger partial charge in [-0.3, -0.25) is 4.79 Å². The molecule has 1 saturated heterocycles. The predicted molar refractivity (Wildman–Crippen MR) is 41.5 cm³/mol. The molecule has 0 aromatic rings. The Morgan fingerprint density at radius 2 is 2.21 bits per heavy atom. The Labute approximate surface area is 78.7 Å². The van der Waals surface area contributed by atoms with Gasteiger partial charge in [0.2, 0.25) is 0 Å². The van der Waals surface area contributed by atoms with Crippen molar-refractivity contribution in [2.75, 3.05) is 26.2 Å². The van der Waals surface area contributed by atoms with E-state index in [1.807, 2.05) is 0 Å². The molecule has 14 heavy (non-hydrogen) atoms. The van der Waals surface area contributed by atoms with Gasteiger partial charge in [0, 0.05) is 19.6 Å². The average molecular weight is 212 g/mol. The van der Waals surface area contributed by atoms with E-state index in [2.05, 4.69) is 5.32 Å². The Kier molecular flexibility index (Phi) is 3.33. The smallest absolute Gasteiger partial charge is 0.394 e. The van der Waals surface area contributed by atoms with Gasteiger partial charge in [0.25, 0.3) is 0 Å². The Bertz CT molecular complexity index is 219. The summed E-state index contributed by atoms with van der Waals surface area (Å²) >= 11 is 0. The van der Waals surface area contributed by atoms with Crippen LogP contribution < -0.4 is 5.32 Å². The minimum Gasteiger partial charge on any atom is -0.394 e. The van der Waals surface area contributed by atoms with Crippen LogP contribution in [0.25, 0.3) is 0 Å².